The van der Waals surface area contributed by atoms with Gasteiger partial charge in [-0.3, -0.25) is 9.59 Å². The van der Waals surface area contributed by atoms with Gasteiger partial charge in [0.2, 0.25) is 0 Å². The van der Waals surface area contributed by atoms with Gasteiger partial charge in [0.25, 0.3) is 5.91 Å². The van der Waals surface area contributed by atoms with Crippen LogP contribution in [0.3, 0.4) is 0 Å². The van der Waals surface area contributed by atoms with Gasteiger partial charge in [0.05, 0.1) is 6.21 Å². The van der Waals surface area contributed by atoms with E-state index in [-0.39, 0.29) is 5.78 Å². The first-order valence-corrected chi connectivity index (χ1v) is 9.91. The Hall–Kier alpha value is -3.38. The molecule has 2 radical (unpaired) electrons. The van der Waals surface area contributed by atoms with Crippen molar-refractivity contribution in [2.45, 2.75) is 19.4 Å². The highest BCUT2D eigenvalue weighted by atomic mass is 35.5. The molecular weight excluding hydrogens is 411 g/mol. The quantitative estimate of drug-likeness (QED) is 0.269. The molecule has 0 heterocycles. The number of rotatable bonds is 7. The largest absolute Gasteiger partial charge is 0.478 e. The lowest BCUT2D eigenvalue weighted by Gasteiger charge is -2.24. The van der Waals surface area contributed by atoms with Gasteiger partial charge in [-0.2, -0.15) is 5.10 Å². The second-order valence-electron chi connectivity index (χ2n) is 7.34. The van der Waals surface area contributed by atoms with Crippen molar-refractivity contribution in [1.82, 2.24) is 5.43 Å². The lowest BCUT2D eigenvalue weighted by atomic mass is 9.95. The first-order valence-electron chi connectivity index (χ1n) is 9.53. The maximum Gasteiger partial charge on any atom is 0.283 e. The number of carbonyl (C=O) groups excluding carboxylic acids is 2. The minimum absolute atomic E-state index is 0.129. The summed E-state index contributed by atoms with van der Waals surface area (Å²) in [6.45, 7) is 3.26. The van der Waals surface area contributed by atoms with Crippen LogP contribution >= 0.6 is 11.6 Å². The van der Waals surface area contributed by atoms with E-state index < -0.39 is 11.5 Å². The molecule has 0 aliphatic carbocycles. The van der Waals surface area contributed by atoms with Gasteiger partial charge >= 0.3 is 0 Å². The molecule has 154 valence electrons. The van der Waals surface area contributed by atoms with Crippen LogP contribution in [0.15, 0.2) is 77.9 Å². The monoisotopic (exact) mass is 430 g/mol. The summed E-state index contributed by atoms with van der Waals surface area (Å²) in [4.78, 5) is 25.0. The summed E-state index contributed by atoms with van der Waals surface area (Å²) in [5.74, 6) is -0.0994. The van der Waals surface area contributed by atoms with Gasteiger partial charge in [0.15, 0.2) is 11.4 Å². The highest BCUT2D eigenvalue weighted by Gasteiger charge is 2.30. The zero-order valence-corrected chi connectivity index (χ0v) is 17.9. The van der Waals surface area contributed by atoms with Gasteiger partial charge < -0.3 is 4.74 Å². The summed E-state index contributed by atoms with van der Waals surface area (Å²) in [7, 11) is 5.72. The van der Waals surface area contributed by atoms with Crippen molar-refractivity contribution in [3.8, 4) is 5.75 Å². The van der Waals surface area contributed by atoms with Crippen LogP contribution in [0.2, 0.25) is 5.02 Å². The molecule has 1 N–H and O–H groups in total. The molecule has 0 unspecified atom stereocenters. The van der Waals surface area contributed by atoms with E-state index in [1.54, 1.807) is 80.6 Å². The maximum absolute atomic E-state index is 12.5. The van der Waals surface area contributed by atoms with Crippen molar-refractivity contribution in [1.29, 1.82) is 0 Å². The third kappa shape index (κ3) is 6.06. The lowest BCUT2D eigenvalue weighted by molar-refractivity contribution is -0.134. The molecule has 0 saturated carbocycles. The first-order chi connectivity index (χ1) is 14.7. The van der Waals surface area contributed by atoms with E-state index in [1.165, 1.54) is 6.21 Å². The molecule has 0 saturated heterocycles. The number of halogens is 1. The third-order valence-electron chi connectivity index (χ3n) is 4.43. The molecule has 3 aromatic rings. The van der Waals surface area contributed by atoms with Crippen molar-refractivity contribution >= 4 is 42.8 Å². The Morgan fingerprint density at radius 3 is 2.23 bits per heavy atom. The number of hydrogen-bond acceptors (Lipinski definition) is 4. The Kier molecular flexibility index (Phi) is 6.93. The second kappa shape index (κ2) is 9.62. The van der Waals surface area contributed by atoms with E-state index in [1.807, 2.05) is 6.07 Å². The number of hydrogen-bond donors (Lipinski definition) is 1. The van der Waals surface area contributed by atoms with Gasteiger partial charge in [-0.15, -0.1) is 0 Å². The number of ketones is 1. The second-order valence-corrected chi connectivity index (χ2v) is 7.78. The SMILES string of the molecule is [B]c1cccc(/C=N/NC(=O)C(C)(C)Oc2ccc(C(=O)c3ccc(Cl)cc3)cc2)c1. The van der Waals surface area contributed by atoms with Gasteiger partial charge in [0.1, 0.15) is 13.6 Å². The Balaban J connectivity index is 1.61. The smallest absolute Gasteiger partial charge is 0.283 e. The molecule has 3 rings (SSSR count). The summed E-state index contributed by atoms with van der Waals surface area (Å²) in [5.41, 5.74) is 3.69. The average Bonchev–Trinajstić information content (AvgIpc) is 2.74. The molecule has 3 aromatic carbocycles. The van der Waals surface area contributed by atoms with Gasteiger partial charge in [-0.25, -0.2) is 5.43 Å². The molecule has 1 amide bonds. The predicted molar refractivity (Wildman–Crippen MR) is 124 cm³/mol. The number of carbonyl (C=O) groups is 2. The van der Waals surface area contributed by atoms with E-state index in [9.17, 15) is 9.59 Å². The van der Waals surface area contributed by atoms with Crippen molar-refractivity contribution in [2.75, 3.05) is 0 Å². The summed E-state index contributed by atoms with van der Waals surface area (Å²) in [6.07, 6.45) is 1.50. The topological polar surface area (TPSA) is 67.8 Å². The fraction of sp³-hybridized carbons (Fsp3) is 0.125. The summed E-state index contributed by atoms with van der Waals surface area (Å²) in [5, 5.41) is 4.52. The number of benzene rings is 3. The normalized spacial score (nSPS) is 11.3. The van der Waals surface area contributed by atoms with Crippen LogP contribution in [0, 0.1) is 0 Å². The number of amides is 1. The fourth-order valence-electron chi connectivity index (χ4n) is 2.72. The molecule has 0 fully saturated rings. The fourth-order valence-corrected chi connectivity index (χ4v) is 2.85. The highest BCUT2D eigenvalue weighted by Crippen LogP contribution is 2.21. The molecule has 0 aromatic heterocycles. The standard InChI is InChI=1S/C24H20BClN2O3/c1-24(2,23(30)28-27-15-16-4-3-5-19(25)14-16)31-21-12-8-18(9-13-21)22(29)17-6-10-20(26)11-7-17/h3-15H,1-2H3,(H,28,30)/b27-15+. The Morgan fingerprint density at radius 2 is 1.61 bits per heavy atom. The minimum atomic E-state index is -1.19. The molecular formula is C24H20BClN2O3. The average molecular weight is 431 g/mol. The number of hydrazone groups is 1. The van der Waals surface area contributed by atoms with Crippen LogP contribution in [0.4, 0.5) is 0 Å². The van der Waals surface area contributed by atoms with Gasteiger partial charge in [0, 0.05) is 16.1 Å². The van der Waals surface area contributed by atoms with E-state index >= 15 is 0 Å². The summed E-state index contributed by atoms with van der Waals surface area (Å²) >= 11 is 5.87. The molecule has 7 heteroatoms. The van der Waals surface area contributed by atoms with Crippen molar-refractivity contribution in [3.05, 3.63) is 94.5 Å². The molecule has 0 atom stereocenters. The Labute approximate surface area is 187 Å². The number of nitrogens with one attached hydrogen (secondary N) is 1. The van der Waals surface area contributed by atoms with E-state index in [4.69, 9.17) is 24.2 Å². The maximum atomic E-state index is 12.5. The predicted octanol–water partition coefficient (Wildman–Crippen LogP) is 3.67. The zero-order valence-electron chi connectivity index (χ0n) is 17.1. The molecule has 0 bridgehead atoms. The van der Waals surface area contributed by atoms with Crippen LogP contribution in [-0.4, -0.2) is 31.4 Å². The Morgan fingerprint density at radius 1 is 1.00 bits per heavy atom. The van der Waals surface area contributed by atoms with Gasteiger partial charge in [-0.1, -0.05) is 41.3 Å². The lowest BCUT2D eigenvalue weighted by Crippen LogP contribution is -2.44. The van der Waals surface area contributed by atoms with E-state index in [0.717, 1.165) is 5.56 Å². The minimum Gasteiger partial charge on any atom is -0.478 e. The van der Waals surface area contributed by atoms with Crippen LogP contribution in [0.1, 0.15) is 35.3 Å². The molecule has 0 aliphatic rings. The van der Waals surface area contributed by atoms with Crippen LogP contribution < -0.4 is 15.6 Å². The molecule has 31 heavy (non-hydrogen) atoms. The number of nitrogens with zero attached hydrogens (tertiary/aromatic N) is 1. The number of ether oxygens (including phenoxy) is 1. The van der Waals surface area contributed by atoms with Crippen molar-refractivity contribution in [2.24, 2.45) is 5.10 Å². The molecule has 0 spiro atoms. The highest BCUT2D eigenvalue weighted by molar-refractivity contribution is 6.32. The van der Waals surface area contributed by atoms with Gasteiger partial charge in [-0.05, 0) is 67.9 Å². The first kappa shape index (κ1) is 22.3. The Bertz CT molecular complexity index is 1110. The van der Waals surface area contributed by atoms with E-state index in [0.29, 0.717) is 27.4 Å². The van der Waals surface area contributed by atoms with Crippen LogP contribution in [0.5, 0.6) is 5.75 Å². The van der Waals surface area contributed by atoms with Crippen molar-refractivity contribution in [3.63, 3.8) is 0 Å². The molecule has 5 nitrogen and oxygen atoms in total. The summed E-state index contributed by atoms with van der Waals surface area (Å²) < 4.78 is 5.81. The van der Waals surface area contributed by atoms with Crippen LogP contribution in [0.25, 0.3) is 0 Å². The third-order valence-corrected chi connectivity index (χ3v) is 4.69. The molecule has 0 aliphatic heterocycles. The van der Waals surface area contributed by atoms with E-state index in [2.05, 4.69) is 10.5 Å². The summed E-state index contributed by atoms with van der Waals surface area (Å²) in [6, 6.07) is 20.4. The zero-order chi connectivity index (χ0) is 22.4. The van der Waals surface area contributed by atoms with Crippen LogP contribution in [-0.2, 0) is 4.79 Å². The van der Waals surface area contributed by atoms with Crippen molar-refractivity contribution < 1.29 is 14.3 Å².